The van der Waals surface area contributed by atoms with E-state index in [2.05, 4.69) is 15.0 Å². The normalized spacial score (nSPS) is 26.9. The van der Waals surface area contributed by atoms with Crippen molar-refractivity contribution in [2.24, 2.45) is 15.0 Å². The summed E-state index contributed by atoms with van der Waals surface area (Å²) in [6.07, 6.45) is 3.33. The van der Waals surface area contributed by atoms with Gasteiger partial charge >= 0.3 is 0 Å². The van der Waals surface area contributed by atoms with Crippen LogP contribution >= 0.6 is 0 Å². The number of rotatable bonds is 0. The highest BCUT2D eigenvalue weighted by Crippen LogP contribution is 1.94. The maximum absolute atomic E-state index is 4.90. The minimum absolute atomic E-state index is 0.324. The minimum atomic E-state index is 0.324. The Balaban J connectivity index is 0.000000135. The minimum Gasteiger partial charge on any atom is -0.481 e. The van der Waals surface area contributed by atoms with Crippen molar-refractivity contribution in [3.63, 3.8) is 0 Å². The molecule has 2 atom stereocenters. The molecule has 0 bridgehead atoms. The average Bonchev–Trinajstić information content (AvgIpc) is 3.05. The van der Waals surface area contributed by atoms with Crippen molar-refractivity contribution in [1.29, 1.82) is 0 Å². The molecule has 0 amide bonds. The third-order valence-electron chi connectivity index (χ3n) is 2.19. The van der Waals surface area contributed by atoms with Gasteiger partial charge in [-0.2, -0.15) is 0 Å². The van der Waals surface area contributed by atoms with E-state index in [1.807, 2.05) is 20.8 Å². The summed E-state index contributed by atoms with van der Waals surface area (Å²) in [5, 5.41) is 0. The highest BCUT2D eigenvalue weighted by Gasteiger charge is 2.02. The molecule has 3 aliphatic heterocycles. The summed E-state index contributed by atoms with van der Waals surface area (Å²) < 4.78 is 14.5. The Bertz CT molecular complexity index is 308. The lowest BCUT2D eigenvalue weighted by molar-refractivity contribution is 0.256. The first-order valence-electron chi connectivity index (χ1n) is 6.09. The van der Waals surface area contributed by atoms with Crippen molar-refractivity contribution in [3.05, 3.63) is 0 Å². The third-order valence-corrected chi connectivity index (χ3v) is 2.19. The molecule has 0 spiro atoms. The fourth-order valence-corrected chi connectivity index (χ4v) is 1.20. The predicted molar refractivity (Wildman–Crippen MR) is 71.7 cm³/mol. The Kier molecular flexibility index (Phi) is 6.83. The molecule has 6 nitrogen and oxygen atoms in total. The summed E-state index contributed by atoms with van der Waals surface area (Å²) in [5.41, 5.74) is 0. The number of hydrogen-bond donors (Lipinski definition) is 0. The largest absolute Gasteiger partial charge is 0.481 e. The van der Waals surface area contributed by atoms with Gasteiger partial charge in [0, 0.05) is 6.92 Å². The molecule has 0 aromatic rings. The van der Waals surface area contributed by atoms with Gasteiger partial charge in [0.25, 0.3) is 0 Å². The van der Waals surface area contributed by atoms with Crippen LogP contribution in [-0.2, 0) is 14.2 Å². The van der Waals surface area contributed by atoms with E-state index in [9.17, 15) is 0 Å². The van der Waals surface area contributed by atoms with Crippen LogP contribution in [-0.4, -0.2) is 57.1 Å². The first kappa shape index (κ1) is 14.5. The second kappa shape index (κ2) is 8.49. The predicted octanol–water partition coefficient (Wildman–Crippen LogP) is 1.30. The maximum atomic E-state index is 4.90. The summed E-state index contributed by atoms with van der Waals surface area (Å²) in [4.78, 5) is 11.6. The molecular weight excluding hydrogens is 234 g/mol. The van der Waals surface area contributed by atoms with Gasteiger partial charge in [-0.3, -0.25) is 15.0 Å². The molecule has 18 heavy (non-hydrogen) atoms. The SMILES string of the molecule is CC1=NCCO1.CC1CN=CO1.CC1COC=N1. The smallest absolute Gasteiger partial charge is 0.180 e. The van der Waals surface area contributed by atoms with Gasteiger partial charge in [-0.15, -0.1) is 0 Å². The zero-order valence-corrected chi connectivity index (χ0v) is 11.2. The molecule has 0 aromatic carbocycles. The first-order valence-corrected chi connectivity index (χ1v) is 6.09. The third kappa shape index (κ3) is 6.88. The zero-order valence-electron chi connectivity index (χ0n) is 11.2. The highest BCUT2D eigenvalue weighted by atomic mass is 16.5. The van der Waals surface area contributed by atoms with Crippen LogP contribution in [0, 0.1) is 0 Å². The van der Waals surface area contributed by atoms with Crippen molar-refractivity contribution < 1.29 is 14.2 Å². The fraction of sp³-hybridized carbons (Fsp3) is 0.750. The summed E-state index contributed by atoms with van der Waals surface area (Å²) in [5.74, 6) is 0.829. The molecule has 0 N–H and O–H groups in total. The molecule has 3 rings (SSSR count). The van der Waals surface area contributed by atoms with E-state index < -0.39 is 0 Å². The molecule has 0 radical (unpaired) electrons. The Labute approximate surface area is 108 Å². The van der Waals surface area contributed by atoms with Gasteiger partial charge in [0.1, 0.15) is 19.3 Å². The first-order chi connectivity index (χ1) is 8.68. The van der Waals surface area contributed by atoms with Crippen molar-refractivity contribution in [2.45, 2.75) is 32.9 Å². The topological polar surface area (TPSA) is 64.8 Å². The molecule has 0 saturated carbocycles. The monoisotopic (exact) mass is 255 g/mol. The van der Waals surface area contributed by atoms with Gasteiger partial charge in [0.15, 0.2) is 18.7 Å². The van der Waals surface area contributed by atoms with Crippen LogP contribution in [0.15, 0.2) is 15.0 Å². The Morgan fingerprint density at radius 1 is 1.28 bits per heavy atom. The van der Waals surface area contributed by atoms with Gasteiger partial charge in [0.2, 0.25) is 0 Å². The number of aliphatic imine (C=N–C) groups is 3. The number of hydrogen-bond acceptors (Lipinski definition) is 6. The van der Waals surface area contributed by atoms with Crippen LogP contribution in [0.1, 0.15) is 20.8 Å². The van der Waals surface area contributed by atoms with E-state index in [1.165, 1.54) is 12.8 Å². The van der Waals surface area contributed by atoms with E-state index >= 15 is 0 Å². The van der Waals surface area contributed by atoms with Crippen LogP contribution in [0.5, 0.6) is 0 Å². The summed E-state index contributed by atoms with van der Waals surface area (Å²) >= 11 is 0. The second-order valence-electron chi connectivity index (χ2n) is 4.10. The molecule has 102 valence electrons. The molecule has 0 aromatic heterocycles. The van der Waals surface area contributed by atoms with E-state index in [1.54, 1.807) is 0 Å². The zero-order chi connectivity index (χ0) is 13.2. The van der Waals surface area contributed by atoms with E-state index in [0.29, 0.717) is 12.1 Å². The summed E-state index contributed by atoms with van der Waals surface area (Å²) in [7, 11) is 0. The number of ether oxygens (including phenoxy) is 3. The lowest BCUT2D eigenvalue weighted by Crippen LogP contribution is -2.01. The lowest BCUT2D eigenvalue weighted by Gasteiger charge is -1.94. The van der Waals surface area contributed by atoms with Crippen LogP contribution in [0.2, 0.25) is 0 Å². The number of nitrogens with zero attached hydrogens (tertiary/aromatic N) is 3. The van der Waals surface area contributed by atoms with Crippen molar-refractivity contribution in [1.82, 2.24) is 0 Å². The van der Waals surface area contributed by atoms with Crippen LogP contribution in [0.25, 0.3) is 0 Å². The van der Waals surface area contributed by atoms with Gasteiger partial charge in [-0.1, -0.05) is 0 Å². The van der Waals surface area contributed by atoms with E-state index in [4.69, 9.17) is 14.2 Å². The van der Waals surface area contributed by atoms with Crippen LogP contribution in [0.4, 0.5) is 0 Å². The van der Waals surface area contributed by atoms with Crippen molar-refractivity contribution in [3.8, 4) is 0 Å². The maximum Gasteiger partial charge on any atom is 0.180 e. The molecular formula is C12H21N3O3. The van der Waals surface area contributed by atoms with Gasteiger partial charge in [-0.05, 0) is 13.8 Å². The molecule has 3 aliphatic rings. The standard InChI is InChI=1S/3C4H7NO/c1-4-2-6-3-5-4;1-4-2-5-3-6-4;1-4-5-2-3-6-4/h2*3-4H,2H2,1H3;2-3H2,1H3. The van der Waals surface area contributed by atoms with Gasteiger partial charge < -0.3 is 14.2 Å². The van der Waals surface area contributed by atoms with E-state index in [0.717, 1.165) is 32.2 Å². The summed E-state index contributed by atoms with van der Waals surface area (Å²) in [6, 6.07) is 0.394. The van der Waals surface area contributed by atoms with E-state index in [-0.39, 0.29) is 0 Å². The molecule has 2 unspecified atom stereocenters. The second-order valence-corrected chi connectivity index (χ2v) is 4.10. The lowest BCUT2D eigenvalue weighted by atomic mass is 10.4. The van der Waals surface area contributed by atoms with Crippen molar-refractivity contribution in [2.75, 3.05) is 26.3 Å². The molecule has 6 heteroatoms. The van der Waals surface area contributed by atoms with Crippen molar-refractivity contribution >= 4 is 18.7 Å². The highest BCUT2D eigenvalue weighted by molar-refractivity contribution is 5.74. The Hall–Kier alpha value is -1.59. The van der Waals surface area contributed by atoms with Gasteiger partial charge in [0.05, 0.1) is 19.1 Å². The Morgan fingerprint density at radius 2 is 2.11 bits per heavy atom. The summed E-state index contributed by atoms with van der Waals surface area (Å²) in [6.45, 7) is 9.11. The Morgan fingerprint density at radius 3 is 2.28 bits per heavy atom. The van der Waals surface area contributed by atoms with Crippen LogP contribution in [0.3, 0.4) is 0 Å². The molecule has 3 heterocycles. The molecule has 0 fully saturated rings. The van der Waals surface area contributed by atoms with Gasteiger partial charge in [-0.25, -0.2) is 0 Å². The fourth-order valence-electron chi connectivity index (χ4n) is 1.20. The van der Waals surface area contributed by atoms with Crippen LogP contribution < -0.4 is 0 Å². The molecule has 0 saturated heterocycles. The average molecular weight is 255 g/mol. The molecule has 0 aliphatic carbocycles. The quantitative estimate of drug-likeness (QED) is 0.655.